The summed E-state index contributed by atoms with van der Waals surface area (Å²) in [5.41, 5.74) is 1.36. The zero-order valence-corrected chi connectivity index (χ0v) is 12.2. The predicted molar refractivity (Wildman–Crippen MR) is 81.7 cm³/mol. The second-order valence-electron chi connectivity index (χ2n) is 4.37. The van der Waals surface area contributed by atoms with Gasteiger partial charge in [-0.25, -0.2) is 0 Å². The van der Waals surface area contributed by atoms with Crippen LogP contribution in [0.3, 0.4) is 0 Å². The Balaban J connectivity index is 1.84. The first-order chi connectivity index (χ1) is 10.0. The van der Waals surface area contributed by atoms with E-state index in [0.717, 1.165) is 17.3 Å². The van der Waals surface area contributed by atoms with Crippen molar-refractivity contribution in [3.63, 3.8) is 0 Å². The molecule has 0 radical (unpaired) electrons. The van der Waals surface area contributed by atoms with E-state index in [0.29, 0.717) is 10.9 Å². The number of aryl methyl sites for hydroxylation is 1. The highest BCUT2D eigenvalue weighted by molar-refractivity contribution is 7.99. The van der Waals surface area contributed by atoms with Crippen LogP contribution in [0.25, 0.3) is 0 Å². The van der Waals surface area contributed by atoms with Gasteiger partial charge >= 0.3 is 0 Å². The van der Waals surface area contributed by atoms with Crippen molar-refractivity contribution >= 4 is 23.4 Å². The summed E-state index contributed by atoms with van der Waals surface area (Å²) in [6, 6.07) is 8.53. The van der Waals surface area contributed by atoms with Gasteiger partial charge in [0.15, 0.2) is 5.16 Å². The van der Waals surface area contributed by atoms with Gasteiger partial charge in [-0.3, -0.25) is 9.59 Å². The van der Waals surface area contributed by atoms with Crippen molar-refractivity contribution in [1.29, 1.82) is 0 Å². The summed E-state index contributed by atoms with van der Waals surface area (Å²) in [5, 5.41) is 12.3. The lowest BCUT2D eigenvalue weighted by Crippen LogP contribution is -2.13. The highest BCUT2D eigenvalue weighted by Crippen LogP contribution is 2.16. The number of hydrogen-bond acceptors (Lipinski definition) is 5. The lowest BCUT2D eigenvalue weighted by atomic mass is 10.2. The van der Waals surface area contributed by atoms with E-state index in [1.807, 2.05) is 31.2 Å². The Kier molecular flexibility index (Phi) is 4.99. The maximum absolute atomic E-state index is 11.8. The van der Waals surface area contributed by atoms with E-state index >= 15 is 0 Å². The number of thioether (sulfide) groups is 1. The van der Waals surface area contributed by atoms with Crippen LogP contribution in [0.5, 0.6) is 5.88 Å². The number of benzene rings is 1. The third kappa shape index (κ3) is 4.64. The van der Waals surface area contributed by atoms with Crippen LogP contribution in [0.4, 0.5) is 5.69 Å². The molecule has 0 saturated carbocycles. The Hall–Kier alpha value is -2.28. The Labute approximate surface area is 125 Å². The van der Waals surface area contributed by atoms with E-state index in [4.69, 9.17) is 0 Å². The van der Waals surface area contributed by atoms with Gasteiger partial charge in [-0.1, -0.05) is 30.0 Å². The number of H-pyrrole nitrogens is 1. The van der Waals surface area contributed by atoms with E-state index in [9.17, 15) is 14.7 Å². The average molecular weight is 305 g/mol. The monoisotopic (exact) mass is 305 g/mol. The zero-order chi connectivity index (χ0) is 15.2. The normalized spacial score (nSPS) is 10.3. The number of hydrogen-bond donors (Lipinski definition) is 3. The minimum Gasteiger partial charge on any atom is -0.493 e. The van der Waals surface area contributed by atoms with Gasteiger partial charge in [-0.05, 0) is 18.6 Å². The van der Waals surface area contributed by atoms with Crippen LogP contribution >= 0.6 is 11.8 Å². The summed E-state index contributed by atoms with van der Waals surface area (Å²) in [7, 11) is 0. The molecular weight excluding hydrogens is 290 g/mol. The van der Waals surface area contributed by atoms with E-state index in [1.165, 1.54) is 11.8 Å². The van der Waals surface area contributed by atoms with Crippen LogP contribution in [0.1, 0.15) is 12.0 Å². The number of anilines is 1. The number of nitrogens with zero attached hydrogens (tertiary/aromatic N) is 1. The van der Waals surface area contributed by atoms with E-state index in [2.05, 4.69) is 15.3 Å². The van der Waals surface area contributed by atoms with Crippen molar-refractivity contribution < 1.29 is 9.90 Å². The quantitative estimate of drug-likeness (QED) is 0.579. The summed E-state index contributed by atoms with van der Waals surface area (Å²) in [5.74, 6) is 0.00862. The van der Waals surface area contributed by atoms with Crippen molar-refractivity contribution in [3.05, 3.63) is 46.2 Å². The SMILES string of the molecule is Cc1ccccc1NC(=O)CCSc1nc(O)cc(=O)[nH]1. The third-order valence-electron chi connectivity index (χ3n) is 2.69. The fourth-order valence-electron chi connectivity index (χ4n) is 1.66. The van der Waals surface area contributed by atoms with E-state index in [-0.39, 0.29) is 18.2 Å². The van der Waals surface area contributed by atoms with Crippen LogP contribution in [-0.4, -0.2) is 26.7 Å². The molecule has 0 spiro atoms. The number of nitrogens with one attached hydrogen (secondary N) is 2. The van der Waals surface area contributed by atoms with Gasteiger partial charge in [0.05, 0.1) is 6.07 Å². The molecule has 7 heteroatoms. The van der Waals surface area contributed by atoms with E-state index < -0.39 is 5.56 Å². The lowest BCUT2D eigenvalue weighted by molar-refractivity contribution is -0.115. The zero-order valence-electron chi connectivity index (χ0n) is 11.4. The summed E-state index contributed by atoms with van der Waals surface area (Å²) in [6.07, 6.45) is 0.276. The standard InChI is InChI=1S/C14H15N3O3S/c1-9-4-2-3-5-10(9)15-11(18)6-7-21-14-16-12(19)8-13(20)17-14/h2-5,8H,6-7H2,1H3,(H,15,18)(H2,16,17,19,20). The van der Waals surface area contributed by atoms with Crippen LogP contribution in [0, 0.1) is 6.92 Å². The van der Waals surface area contributed by atoms with Gasteiger partial charge in [0.1, 0.15) is 0 Å². The van der Waals surface area contributed by atoms with Crippen molar-refractivity contribution in [1.82, 2.24) is 9.97 Å². The summed E-state index contributed by atoms with van der Waals surface area (Å²) in [4.78, 5) is 29.2. The van der Waals surface area contributed by atoms with E-state index in [1.54, 1.807) is 0 Å². The molecule has 110 valence electrons. The highest BCUT2D eigenvalue weighted by atomic mass is 32.2. The fourth-order valence-corrected chi connectivity index (χ4v) is 2.47. The number of aromatic nitrogens is 2. The molecule has 3 N–H and O–H groups in total. The second kappa shape index (κ2) is 6.94. The molecule has 6 nitrogen and oxygen atoms in total. The average Bonchev–Trinajstić information content (AvgIpc) is 2.40. The summed E-state index contributed by atoms with van der Waals surface area (Å²) < 4.78 is 0. The molecule has 0 bridgehead atoms. The number of amides is 1. The number of rotatable bonds is 5. The van der Waals surface area contributed by atoms with Crippen LogP contribution in [-0.2, 0) is 4.79 Å². The number of carbonyl (C=O) groups excluding carboxylic acids is 1. The predicted octanol–water partition coefficient (Wildman–Crippen LogP) is 1.90. The molecule has 0 aliphatic carbocycles. The molecule has 0 aliphatic rings. The summed E-state index contributed by atoms with van der Waals surface area (Å²) in [6.45, 7) is 1.92. The maximum atomic E-state index is 11.8. The Bertz CT molecular complexity index is 700. The number of para-hydroxylation sites is 1. The fraction of sp³-hybridized carbons (Fsp3) is 0.214. The van der Waals surface area contributed by atoms with Crippen molar-refractivity contribution in [2.45, 2.75) is 18.5 Å². The molecule has 0 unspecified atom stereocenters. The molecule has 1 heterocycles. The number of aromatic hydroxyl groups is 1. The largest absolute Gasteiger partial charge is 0.493 e. The van der Waals surface area contributed by atoms with Gasteiger partial charge in [-0.2, -0.15) is 4.98 Å². The van der Waals surface area contributed by atoms with Gasteiger partial charge in [0, 0.05) is 17.9 Å². The minimum absolute atomic E-state index is 0.112. The molecule has 0 saturated heterocycles. The van der Waals surface area contributed by atoms with Crippen LogP contribution in [0.2, 0.25) is 0 Å². The first-order valence-electron chi connectivity index (χ1n) is 6.33. The molecule has 2 rings (SSSR count). The Morgan fingerprint density at radius 2 is 2.19 bits per heavy atom. The van der Waals surface area contributed by atoms with Gasteiger partial charge in [-0.15, -0.1) is 0 Å². The van der Waals surface area contributed by atoms with Gasteiger partial charge in [0.2, 0.25) is 11.8 Å². The smallest absolute Gasteiger partial charge is 0.255 e. The van der Waals surface area contributed by atoms with Crippen LogP contribution < -0.4 is 10.9 Å². The Morgan fingerprint density at radius 1 is 1.43 bits per heavy atom. The second-order valence-corrected chi connectivity index (χ2v) is 5.45. The van der Waals surface area contributed by atoms with Crippen molar-refractivity contribution in [2.24, 2.45) is 0 Å². The molecule has 1 amide bonds. The van der Waals surface area contributed by atoms with Crippen molar-refractivity contribution in [2.75, 3.05) is 11.1 Å². The molecule has 0 atom stereocenters. The van der Waals surface area contributed by atoms with Gasteiger partial charge in [0.25, 0.3) is 5.56 Å². The molecule has 2 aromatic rings. The molecule has 0 fully saturated rings. The minimum atomic E-state index is -0.422. The third-order valence-corrected chi connectivity index (χ3v) is 3.57. The van der Waals surface area contributed by atoms with Crippen molar-refractivity contribution in [3.8, 4) is 5.88 Å². The first-order valence-corrected chi connectivity index (χ1v) is 7.32. The molecule has 21 heavy (non-hydrogen) atoms. The Morgan fingerprint density at radius 3 is 2.90 bits per heavy atom. The molecular formula is C14H15N3O3S. The van der Waals surface area contributed by atoms with Gasteiger partial charge < -0.3 is 15.4 Å². The first kappa shape index (κ1) is 15.1. The number of carbonyl (C=O) groups is 1. The molecule has 1 aromatic carbocycles. The van der Waals surface area contributed by atoms with Crippen LogP contribution in [0.15, 0.2) is 40.3 Å². The maximum Gasteiger partial charge on any atom is 0.255 e. The molecule has 1 aromatic heterocycles. The lowest BCUT2D eigenvalue weighted by Gasteiger charge is -2.07. The number of aromatic amines is 1. The topological polar surface area (TPSA) is 95.1 Å². The highest BCUT2D eigenvalue weighted by Gasteiger charge is 2.06. The summed E-state index contributed by atoms with van der Waals surface area (Å²) >= 11 is 1.20. The molecule has 0 aliphatic heterocycles.